The third kappa shape index (κ3) is 9.27. The predicted octanol–water partition coefficient (Wildman–Crippen LogP) is 6.35. The van der Waals surface area contributed by atoms with Crippen LogP contribution in [0, 0.1) is 0 Å². The molecule has 186 valence electrons. The Bertz CT molecular complexity index is 914. The van der Waals surface area contributed by atoms with Crippen molar-refractivity contribution in [1.82, 2.24) is 0 Å². The highest BCUT2D eigenvalue weighted by molar-refractivity contribution is 6.32. The number of ether oxygens (including phenoxy) is 5. The van der Waals surface area contributed by atoms with Crippen LogP contribution in [0.4, 0.5) is 0 Å². The van der Waals surface area contributed by atoms with Gasteiger partial charge in [-0.25, -0.2) is 4.79 Å². The fraction of sp³-hybridized carbons (Fsp3) is 0.444. The monoisotopic (exact) mass is 490 g/mol. The maximum absolute atomic E-state index is 11.1. The van der Waals surface area contributed by atoms with Crippen LogP contribution in [0.1, 0.15) is 50.8 Å². The number of carbonyl (C=O) groups excluding carboxylic acids is 1. The standard InChI is InChI=1S/C27H35ClO6/c1-5-8-14-32-26-19-22(20(4)31-16-17-34-27(29)6-2)10-12-25(26)33-15-13-21-9-11-24(30-7-3)23(28)18-21/h6,9-12,18-20H,2,5,7-8,13-17H2,1,3-4H3. The average molecular weight is 491 g/mol. The summed E-state index contributed by atoms with van der Waals surface area (Å²) in [5, 5.41) is 0.598. The normalized spacial score (nSPS) is 11.5. The van der Waals surface area contributed by atoms with E-state index in [-0.39, 0.29) is 19.3 Å². The van der Waals surface area contributed by atoms with E-state index in [1.807, 2.05) is 50.2 Å². The highest BCUT2D eigenvalue weighted by atomic mass is 35.5. The maximum atomic E-state index is 11.1. The van der Waals surface area contributed by atoms with Gasteiger partial charge in [0.15, 0.2) is 11.5 Å². The molecular weight excluding hydrogens is 456 g/mol. The first kappa shape index (κ1) is 27.5. The summed E-state index contributed by atoms with van der Waals surface area (Å²) in [6.07, 6.45) is 3.63. The molecular formula is C27H35ClO6. The van der Waals surface area contributed by atoms with Gasteiger partial charge in [0.2, 0.25) is 0 Å². The van der Waals surface area contributed by atoms with Crippen LogP contribution in [0.2, 0.25) is 5.02 Å². The first-order valence-corrected chi connectivity index (χ1v) is 12.1. The number of hydrogen-bond donors (Lipinski definition) is 0. The Morgan fingerprint density at radius 1 is 0.971 bits per heavy atom. The average Bonchev–Trinajstić information content (AvgIpc) is 2.84. The summed E-state index contributed by atoms with van der Waals surface area (Å²) in [6.45, 7) is 11.5. The van der Waals surface area contributed by atoms with Crippen LogP contribution in [0.25, 0.3) is 0 Å². The van der Waals surface area contributed by atoms with Crippen molar-refractivity contribution in [3.05, 3.63) is 65.2 Å². The van der Waals surface area contributed by atoms with E-state index in [1.54, 1.807) is 0 Å². The topological polar surface area (TPSA) is 63.2 Å². The Hall–Kier alpha value is -2.70. The molecule has 1 atom stereocenters. The zero-order valence-corrected chi connectivity index (χ0v) is 21.1. The number of benzene rings is 2. The van der Waals surface area contributed by atoms with E-state index in [4.69, 9.17) is 35.3 Å². The molecule has 0 bridgehead atoms. The van der Waals surface area contributed by atoms with E-state index < -0.39 is 5.97 Å². The molecule has 0 radical (unpaired) electrons. The summed E-state index contributed by atoms with van der Waals surface area (Å²) >= 11 is 6.29. The number of carbonyl (C=O) groups is 1. The third-order valence-corrected chi connectivity index (χ3v) is 5.29. The highest BCUT2D eigenvalue weighted by Gasteiger charge is 2.13. The second kappa shape index (κ2) is 15.3. The lowest BCUT2D eigenvalue weighted by Crippen LogP contribution is -2.11. The number of rotatable bonds is 16. The molecule has 1 unspecified atom stereocenters. The second-order valence-corrected chi connectivity index (χ2v) is 8.00. The molecule has 0 saturated heterocycles. The molecule has 2 aromatic carbocycles. The summed E-state index contributed by atoms with van der Waals surface area (Å²) in [4.78, 5) is 11.1. The Kier molecular flexibility index (Phi) is 12.4. The van der Waals surface area contributed by atoms with Crippen molar-refractivity contribution in [2.24, 2.45) is 0 Å². The molecule has 0 N–H and O–H groups in total. The Labute approximate surface area is 207 Å². The minimum atomic E-state index is -0.461. The quantitative estimate of drug-likeness (QED) is 0.155. The highest BCUT2D eigenvalue weighted by Crippen LogP contribution is 2.32. The lowest BCUT2D eigenvalue weighted by Gasteiger charge is -2.18. The summed E-state index contributed by atoms with van der Waals surface area (Å²) in [5.74, 6) is 1.59. The van der Waals surface area contributed by atoms with Crippen LogP contribution in [0.3, 0.4) is 0 Å². The Morgan fingerprint density at radius 3 is 2.44 bits per heavy atom. The summed E-state index contributed by atoms with van der Waals surface area (Å²) in [5.41, 5.74) is 2.02. The molecule has 0 aliphatic heterocycles. The van der Waals surface area contributed by atoms with E-state index >= 15 is 0 Å². The zero-order valence-electron chi connectivity index (χ0n) is 20.3. The van der Waals surface area contributed by atoms with Crippen LogP contribution >= 0.6 is 11.6 Å². The number of halogens is 1. The van der Waals surface area contributed by atoms with Crippen LogP contribution in [-0.2, 0) is 20.7 Å². The van der Waals surface area contributed by atoms with E-state index in [0.29, 0.717) is 48.5 Å². The minimum Gasteiger partial charge on any atom is -0.492 e. The number of esters is 1. The molecule has 0 fully saturated rings. The van der Waals surface area contributed by atoms with E-state index in [9.17, 15) is 4.79 Å². The van der Waals surface area contributed by atoms with E-state index in [0.717, 1.165) is 30.0 Å². The fourth-order valence-corrected chi connectivity index (χ4v) is 3.37. The van der Waals surface area contributed by atoms with Gasteiger partial charge in [-0.05, 0) is 55.7 Å². The summed E-state index contributed by atoms with van der Waals surface area (Å²) < 4.78 is 28.3. The molecule has 34 heavy (non-hydrogen) atoms. The molecule has 6 nitrogen and oxygen atoms in total. The van der Waals surface area contributed by atoms with E-state index in [1.165, 1.54) is 0 Å². The van der Waals surface area contributed by atoms with Gasteiger partial charge in [-0.1, -0.05) is 43.7 Å². The van der Waals surface area contributed by atoms with Crippen molar-refractivity contribution >= 4 is 17.6 Å². The van der Waals surface area contributed by atoms with Gasteiger partial charge >= 0.3 is 5.97 Å². The molecule has 7 heteroatoms. The zero-order chi connectivity index (χ0) is 24.8. The molecule has 0 spiro atoms. The van der Waals surface area contributed by atoms with Crippen molar-refractivity contribution in [2.45, 2.75) is 46.1 Å². The minimum absolute atomic E-state index is 0.172. The molecule has 0 amide bonds. The van der Waals surface area contributed by atoms with Gasteiger partial charge < -0.3 is 23.7 Å². The van der Waals surface area contributed by atoms with Crippen molar-refractivity contribution in [3.8, 4) is 17.2 Å². The Balaban J connectivity index is 1.98. The van der Waals surface area contributed by atoms with Gasteiger partial charge in [-0.3, -0.25) is 0 Å². The summed E-state index contributed by atoms with van der Waals surface area (Å²) in [7, 11) is 0. The molecule has 2 rings (SSSR count). The van der Waals surface area contributed by atoms with Crippen LogP contribution in [-0.4, -0.2) is 39.0 Å². The van der Waals surface area contributed by atoms with Crippen LogP contribution in [0.15, 0.2) is 49.1 Å². The van der Waals surface area contributed by atoms with Gasteiger partial charge in [0, 0.05) is 12.5 Å². The fourth-order valence-electron chi connectivity index (χ4n) is 3.11. The first-order chi connectivity index (χ1) is 16.5. The lowest BCUT2D eigenvalue weighted by molar-refractivity contribution is -0.139. The van der Waals surface area contributed by atoms with Crippen LogP contribution in [0.5, 0.6) is 17.2 Å². The third-order valence-electron chi connectivity index (χ3n) is 5.00. The predicted molar refractivity (Wildman–Crippen MR) is 134 cm³/mol. The van der Waals surface area contributed by atoms with Gasteiger partial charge in [0.05, 0.1) is 37.6 Å². The van der Waals surface area contributed by atoms with Crippen molar-refractivity contribution < 1.29 is 28.5 Å². The number of unbranched alkanes of at least 4 members (excludes halogenated alkanes) is 1. The first-order valence-electron chi connectivity index (χ1n) is 11.7. The molecule has 0 aliphatic carbocycles. The largest absolute Gasteiger partial charge is 0.492 e. The Morgan fingerprint density at radius 2 is 1.74 bits per heavy atom. The number of hydrogen-bond acceptors (Lipinski definition) is 6. The van der Waals surface area contributed by atoms with E-state index in [2.05, 4.69) is 13.5 Å². The molecule has 0 heterocycles. The van der Waals surface area contributed by atoms with Crippen LogP contribution < -0.4 is 14.2 Å². The maximum Gasteiger partial charge on any atom is 0.330 e. The van der Waals surface area contributed by atoms with Crippen molar-refractivity contribution in [1.29, 1.82) is 0 Å². The lowest BCUT2D eigenvalue weighted by atomic mass is 10.1. The van der Waals surface area contributed by atoms with Crippen molar-refractivity contribution in [3.63, 3.8) is 0 Å². The second-order valence-electron chi connectivity index (χ2n) is 7.59. The van der Waals surface area contributed by atoms with Gasteiger partial charge in [-0.15, -0.1) is 0 Å². The van der Waals surface area contributed by atoms with Gasteiger partial charge in [0.25, 0.3) is 0 Å². The van der Waals surface area contributed by atoms with Gasteiger partial charge in [-0.2, -0.15) is 0 Å². The molecule has 0 aromatic heterocycles. The molecule has 0 saturated carbocycles. The summed E-state index contributed by atoms with van der Waals surface area (Å²) in [6, 6.07) is 11.6. The van der Waals surface area contributed by atoms with Gasteiger partial charge in [0.1, 0.15) is 12.4 Å². The molecule has 2 aromatic rings. The SMILES string of the molecule is C=CC(=O)OCCOC(C)c1ccc(OCCc2ccc(OCC)c(Cl)c2)c(OCCCC)c1. The molecule has 0 aliphatic rings. The van der Waals surface area contributed by atoms with Crippen molar-refractivity contribution in [2.75, 3.05) is 33.0 Å². The smallest absolute Gasteiger partial charge is 0.330 e.